The van der Waals surface area contributed by atoms with Gasteiger partial charge in [0.25, 0.3) is 0 Å². The Hall–Kier alpha value is -5.53. The molecule has 2 N–H and O–H groups in total. The third-order valence-corrected chi connectivity index (χ3v) is 9.75. The summed E-state index contributed by atoms with van der Waals surface area (Å²) < 4.78 is 29.2. The summed E-state index contributed by atoms with van der Waals surface area (Å²) in [7, 11) is 5.22. The monoisotopic (exact) mass is 659 g/mol. The summed E-state index contributed by atoms with van der Waals surface area (Å²) >= 11 is 0. The summed E-state index contributed by atoms with van der Waals surface area (Å²) in [5, 5.41) is 4.76. The van der Waals surface area contributed by atoms with E-state index >= 15 is 0 Å². The highest BCUT2D eigenvalue weighted by Crippen LogP contribution is 2.50. The minimum absolute atomic E-state index is 0.132. The van der Waals surface area contributed by atoms with Crippen LogP contribution in [0.4, 0.5) is 11.8 Å². The Morgan fingerprint density at radius 1 is 0.898 bits per heavy atom. The van der Waals surface area contributed by atoms with Crippen LogP contribution >= 0.6 is 0 Å². The molecule has 3 aromatic heterocycles. The first-order valence-electron chi connectivity index (χ1n) is 16.1. The molecule has 2 fully saturated rings. The second-order valence-corrected chi connectivity index (χ2v) is 12.5. The van der Waals surface area contributed by atoms with Crippen LogP contribution in [0.3, 0.4) is 0 Å². The van der Waals surface area contributed by atoms with E-state index in [2.05, 4.69) is 56.3 Å². The molecule has 13 nitrogen and oxygen atoms in total. The summed E-state index contributed by atoms with van der Waals surface area (Å²) in [5.41, 5.74) is 8.40. The minimum Gasteiger partial charge on any atom is -0.497 e. The van der Waals surface area contributed by atoms with Gasteiger partial charge in [-0.2, -0.15) is 4.98 Å². The lowest BCUT2D eigenvalue weighted by Gasteiger charge is -2.41. The molecule has 0 saturated carbocycles. The van der Waals surface area contributed by atoms with E-state index in [-0.39, 0.29) is 12.6 Å². The molecule has 250 valence electrons. The number of hydrogen-bond donors (Lipinski definition) is 1. The highest BCUT2D eigenvalue weighted by atomic mass is 16.6. The first-order chi connectivity index (χ1) is 23.8. The van der Waals surface area contributed by atoms with Crippen LogP contribution in [0, 0.1) is 6.92 Å². The molecule has 6 aromatic rings. The van der Waals surface area contributed by atoms with Gasteiger partial charge in [-0.25, -0.2) is 15.0 Å². The van der Waals surface area contributed by atoms with Gasteiger partial charge in [0.15, 0.2) is 17.7 Å². The quantitative estimate of drug-likeness (QED) is 0.209. The molecule has 3 atom stereocenters. The lowest BCUT2D eigenvalue weighted by atomic mass is 9.79. The van der Waals surface area contributed by atoms with E-state index in [0.29, 0.717) is 35.9 Å². The number of hydrogen-bond acceptors (Lipinski definition) is 11. The smallest absolute Gasteiger partial charge is 0.245 e. The van der Waals surface area contributed by atoms with Crippen molar-refractivity contribution in [1.82, 2.24) is 34.3 Å². The molecule has 2 aliphatic heterocycles. The molecule has 2 saturated heterocycles. The van der Waals surface area contributed by atoms with Crippen molar-refractivity contribution in [3.8, 4) is 11.5 Å². The van der Waals surface area contributed by atoms with Crippen LogP contribution in [0.1, 0.15) is 35.2 Å². The highest BCUT2D eigenvalue weighted by Gasteiger charge is 2.59. The van der Waals surface area contributed by atoms with Crippen molar-refractivity contribution >= 4 is 22.9 Å². The molecular formula is C36H37N9O4. The number of anilines is 2. The molecular weight excluding hydrogens is 622 g/mol. The minimum atomic E-state index is -1.01. The van der Waals surface area contributed by atoms with Gasteiger partial charge in [-0.15, -0.1) is 5.10 Å². The summed E-state index contributed by atoms with van der Waals surface area (Å²) in [4.78, 5) is 20.2. The number of aromatic nitrogens is 7. The average Bonchev–Trinajstić information content (AvgIpc) is 3.92. The van der Waals surface area contributed by atoms with Gasteiger partial charge in [-0.05, 0) is 47.9 Å². The lowest BCUT2D eigenvalue weighted by molar-refractivity contribution is -0.140. The van der Waals surface area contributed by atoms with Crippen LogP contribution in [-0.4, -0.2) is 73.3 Å². The molecule has 8 rings (SSSR count). The van der Waals surface area contributed by atoms with Crippen LogP contribution in [0.5, 0.6) is 11.5 Å². The summed E-state index contributed by atoms with van der Waals surface area (Å²) in [6.07, 6.45) is 3.36. The zero-order valence-electron chi connectivity index (χ0n) is 27.7. The second-order valence-electron chi connectivity index (χ2n) is 12.5. The Balaban J connectivity index is 1.24. The number of morpholine rings is 1. The van der Waals surface area contributed by atoms with Gasteiger partial charge < -0.3 is 29.6 Å². The van der Waals surface area contributed by atoms with Gasteiger partial charge in [-0.1, -0.05) is 54.6 Å². The van der Waals surface area contributed by atoms with Crippen LogP contribution < -0.4 is 20.1 Å². The number of aryl methyl sites for hydroxylation is 2. The normalized spacial score (nSPS) is 20.3. The standard InChI is InChI=1S/C36H37N9O4/c1-23-41-34(42-43(23)2)44-19-35(18-29(44)33(49-35)45-22-40-30-31(37)38-21-39-32(30)45)20-48-36(24-8-6-5-7-9-24,25-10-14-27(46-3)15-11-25)26-12-16-28(47-4)17-13-26/h5-17,21-22,29,33H,18-20H2,1-4H3,(H2,37,38,39)/t29-,33-,35-/m1/s1. The van der Waals surface area contributed by atoms with Crippen LogP contribution in [-0.2, 0) is 22.1 Å². The van der Waals surface area contributed by atoms with Crippen molar-refractivity contribution in [2.75, 3.05) is 38.0 Å². The first-order valence-corrected chi connectivity index (χ1v) is 16.1. The fraction of sp³-hybridized carbons (Fsp3) is 0.306. The zero-order chi connectivity index (χ0) is 33.8. The molecule has 0 radical (unpaired) electrons. The average molecular weight is 660 g/mol. The molecule has 3 aromatic carbocycles. The van der Waals surface area contributed by atoms with Crippen LogP contribution in [0.2, 0.25) is 0 Å². The maximum atomic E-state index is 7.38. The first kappa shape index (κ1) is 30.8. The molecule has 0 amide bonds. The lowest BCUT2D eigenvalue weighted by Crippen LogP contribution is -2.49. The summed E-state index contributed by atoms with van der Waals surface area (Å²) in [6.45, 7) is 2.72. The molecule has 13 heteroatoms. The Kier molecular flexibility index (Phi) is 7.45. The Morgan fingerprint density at radius 2 is 1.55 bits per heavy atom. The van der Waals surface area contributed by atoms with E-state index in [4.69, 9.17) is 34.8 Å². The Morgan fingerprint density at radius 3 is 2.16 bits per heavy atom. The number of nitrogens with two attached hydrogens (primary N) is 1. The van der Waals surface area contributed by atoms with Gasteiger partial charge in [0, 0.05) is 13.5 Å². The number of rotatable bonds is 10. The second kappa shape index (κ2) is 11.9. The molecule has 2 bridgehead atoms. The van der Waals surface area contributed by atoms with E-state index in [1.807, 2.05) is 61.0 Å². The largest absolute Gasteiger partial charge is 0.497 e. The predicted octanol–water partition coefficient (Wildman–Crippen LogP) is 4.42. The van der Waals surface area contributed by atoms with E-state index < -0.39 is 17.4 Å². The number of imidazole rings is 1. The van der Waals surface area contributed by atoms with Gasteiger partial charge in [0.05, 0.1) is 39.7 Å². The van der Waals surface area contributed by atoms with Gasteiger partial charge >= 0.3 is 0 Å². The van der Waals surface area contributed by atoms with Crippen molar-refractivity contribution in [2.24, 2.45) is 7.05 Å². The van der Waals surface area contributed by atoms with Crippen LogP contribution in [0.25, 0.3) is 11.2 Å². The SMILES string of the molecule is COc1ccc(C(OC[C@]23C[C@H]([C@H](n4cnc5c(N)ncnc54)O2)N(c2nc(C)n(C)n2)C3)(c2ccccc2)c2ccc(OC)cc2)cc1. The number of nitrogens with zero attached hydrogens (tertiary/aromatic N) is 8. The summed E-state index contributed by atoms with van der Waals surface area (Å²) in [6, 6.07) is 26.2. The fourth-order valence-corrected chi connectivity index (χ4v) is 7.20. The van der Waals surface area contributed by atoms with Crippen molar-refractivity contribution < 1.29 is 18.9 Å². The third-order valence-electron chi connectivity index (χ3n) is 9.75. The molecule has 0 aliphatic carbocycles. The molecule has 0 spiro atoms. The fourth-order valence-electron chi connectivity index (χ4n) is 7.20. The van der Waals surface area contributed by atoms with Crippen molar-refractivity contribution in [2.45, 2.75) is 36.8 Å². The van der Waals surface area contributed by atoms with Crippen molar-refractivity contribution in [1.29, 1.82) is 0 Å². The zero-order valence-corrected chi connectivity index (χ0v) is 27.7. The van der Waals surface area contributed by atoms with Gasteiger partial charge in [-0.3, -0.25) is 9.25 Å². The van der Waals surface area contributed by atoms with E-state index in [9.17, 15) is 0 Å². The van der Waals surface area contributed by atoms with E-state index in [1.54, 1.807) is 25.2 Å². The van der Waals surface area contributed by atoms with Gasteiger partial charge in [0.1, 0.15) is 40.4 Å². The number of methoxy groups -OCH3 is 2. The van der Waals surface area contributed by atoms with Gasteiger partial charge in [0.2, 0.25) is 5.95 Å². The number of nitrogen functional groups attached to an aromatic ring is 1. The Bertz CT molecular complexity index is 2030. The maximum absolute atomic E-state index is 7.38. The van der Waals surface area contributed by atoms with Crippen molar-refractivity contribution in [3.63, 3.8) is 0 Å². The summed E-state index contributed by atoms with van der Waals surface area (Å²) in [5.74, 6) is 3.28. The number of ether oxygens (including phenoxy) is 4. The molecule has 5 heterocycles. The third kappa shape index (κ3) is 5.04. The maximum Gasteiger partial charge on any atom is 0.245 e. The van der Waals surface area contributed by atoms with E-state index in [0.717, 1.165) is 34.0 Å². The topological polar surface area (TPSA) is 140 Å². The predicted molar refractivity (Wildman–Crippen MR) is 182 cm³/mol. The van der Waals surface area contributed by atoms with Crippen LogP contribution in [0.15, 0.2) is 91.5 Å². The Labute approximate surface area is 283 Å². The number of benzene rings is 3. The molecule has 49 heavy (non-hydrogen) atoms. The highest BCUT2D eigenvalue weighted by molar-refractivity contribution is 5.81. The molecule has 0 unspecified atom stereocenters. The van der Waals surface area contributed by atoms with E-state index in [1.165, 1.54) is 6.33 Å². The van der Waals surface area contributed by atoms with Crippen molar-refractivity contribution in [3.05, 3.63) is 114 Å². The molecule has 2 aliphatic rings. The number of fused-ring (bicyclic) bond motifs is 3.